The van der Waals surface area contributed by atoms with Crippen molar-refractivity contribution in [2.24, 2.45) is 0 Å². The number of rotatable bonds is 2. The van der Waals surface area contributed by atoms with Crippen molar-refractivity contribution in [3.63, 3.8) is 0 Å². The van der Waals surface area contributed by atoms with Gasteiger partial charge in [-0.3, -0.25) is 4.79 Å². The number of amides is 1. The van der Waals surface area contributed by atoms with Gasteiger partial charge in [-0.25, -0.2) is 4.68 Å². The zero-order valence-corrected chi connectivity index (χ0v) is 14.8. The number of fused-ring (bicyclic) bond motifs is 2. The van der Waals surface area contributed by atoms with Gasteiger partial charge < -0.3 is 10.2 Å². The van der Waals surface area contributed by atoms with Crippen LogP contribution in [0.2, 0.25) is 5.02 Å². The Bertz CT molecular complexity index is 716. The zero-order chi connectivity index (χ0) is 15.8. The maximum absolute atomic E-state index is 12.8. The van der Waals surface area contributed by atoms with Crippen molar-refractivity contribution in [1.29, 1.82) is 0 Å². The molecular weight excluding hydrogens is 347 g/mol. The Hall–Kier alpha value is -1.56. The fraction of sp³-hybridized carbons (Fsp3) is 0.412. The molecule has 1 N–H and O–H groups in total. The van der Waals surface area contributed by atoms with Crippen LogP contribution in [0.1, 0.15) is 29.6 Å². The number of carbonyl (C=O) groups is 1. The quantitative estimate of drug-likeness (QED) is 0.888. The van der Waals surface area contributed by atoms with Gasteiger partial charge in [0.05, 0.1) is 17.4 Å². The first-order valence-electron chi connectivity index (χ1n) is 8.05. The zero-order valence-electron chi connectivity index (χ0n) is 13.2. The third kappa shape index (κ3) is 3.43. The number of benzene rings is 1. The van der Waals surface area contributed by atoms with Gasteiger partial charge in [-0.2, -0.15) is 5.10 Å². The molecule has 7 heteroatoms. The largest absolute Gasteiger partial charge is 0.337 e. The molecule has 2 aliphatic rings. The highest BCUT2D eigenvalue weighted by Gasteiger charge is 2.31. The summed E-state index contributed by atoms with van der Waals surface area (Å²) in [6, 6.07) is 8.43. The molecule has 5 nitrogen and oxygen atoms in total. The standard InChI is InChI=1S/C17H19ClN4O.ClH/c18-13-1-5-16(6-2-13)22-10-12(9-19-22)17(23)21-8-7-14-3-4-15(11-21)20-14;/h1-2,5-6,9-10,14-15,20H,3-4,7-8,11H2;1H. The van der Waals surface area contributed by atoms with Crippen LogP contribution in [0, 0.1) is 0 Å². The van der Waals surface area contributed by atoms with E-state index in [0.717, 1.165) is 25.2 Å². The Morgan fingerprint density at radius 2 is 1.92 bits per heavy atom. The van der Waals surface area contributed by atoms with Crippen LogP contribution in [0.5, 0.6) is 0 Å². The molecule has 24 heavy (non-hydrogen) atoms. The summed E-state index contributed by atoms with van der Waals surface area (Å²) in [6.45, 7) is 1.61. The lowest BCUT2D eigenvalue weighted by molar-refractivity contribution is 0.0748. The molecule has 2 unspecified atom stereocenters. The van der Waals surface area contributed by atoms with Gasteiger partial charge in [0, 0.05) is 36.4 Å². The highest BCUT2D eigenvalue weighted by Crippen LogP contribution is 2.22. The highest BCUT2D eigenvalue weighted by atomic mass is 35.5. The summed E-state index contributed by atoms with van der Waals surface area (Å²) < 4.78 is 1.71. The van der Waals surface area contributed by atoms with Crippen LogP contribution in [-0.4, -0.2) is 45.8 Å². The molecule has 1 aromatic carbocycles. The van der Waals surface area contributed by atoms with Crippen LogP contribution in [0.25, 0.3) is 5.69 Å². The number of nitrogens with zero attached hydrogens (tertiary/aromatic N) is 3. The molecule has 0 radical (unpaired) electrons. The minimum atomic E-state index is 0. The average Bonchev–Trinajstić information content (AvgIpc) is 3.14. The molecule has 1 aromatic heterocycles. The van der Waals surface area contributed by atoms with Crippen LogP contribution in [-0.2, 0) is 0 Å². The van der Waals surface area contributed by atoms with Crippen molar-refractivity contribution in [1.82, 2.24) is 20.0 Å². The number of hydrogen-bond donors (Lipinski definition) is 1. The van der Waals surface area contributed by atoms with E-state index in [0.29, 0.717) is 22.7 Å². The van der Waals surface area contributed by atoms with Crippen LogP contribution < -0.4 is 5.32 Å². The van der Waals surface area contributed by atoms with Crippen molar-refractivity contribution in [2.75, 3.05) is 13.1 Å². The normalized spacial score (nSPS) is 22.8. The second-order valence-corrected chi connectivity index (χ2v) is 6.76. The van der Waals surface area contributed by atoms with Crippen molar-refractivity contribution in [2.45, 2.75) is 31.3 Å². The number of nitrogens with one attached hydrogen (secondary N) is 1. The number of halogens is 2. The molecule has 0 spiro atoms. The third-order valence-corrected chi connectivity index (χ3v) is 4.98. The number of hydrogen-bond acceptors (Lipinski definition) is 3. The molecule has 3 heterocycles. The molecule has 2 atom stereocenters. The van der Waals surface area contributed by atoms with Crippen LogP contribution >= 0.6 is 24.0 Å². The Labute approximate surface area is 152 Å². The van der Waals surface area contributed by atoms with Gasteiger partial charge in [0.25, 0.3) is 5.91 Å². The van der Waals surface area contributed by atoms with E-state index in [4.69, 9.17) is 11.6 Å². The summed E-state index contributed by atoms with van der Waals surface area (Å²) in [7, 11) is 0. The highest BCUT2D eigenvalue weighted by molar-refractivity contribution is 6.30. The minimum absolute atomic E-state index is 0. The predicted molar refractivity (Wildman–Crippen MR) is 96.3 cm³/mol. The van der Waals surface area contributed by atoms with Gasteiger partial charge in [0.2, 0.25) is 0 Å². The van der Waals surface area contributed by atoms with Gasteiger partial charge in [0.15, 0.2) is 0 Å². The molecule has 1 amide bonds. The molecular formula is C17H20Cl2N4O. The summed E-state index contributed by atoms with van der Waals surface area (Å²) in [4.78, 5) is 14.7. The van der Waals surface area contributed by atoms with Gasteiger partial charge in [-0.05, 0) is 43.5 Å². The Balaban J connectivity index is 0.00000169. The SMILES string of the molecule is Cl.O=C(c1cnn(-c2ccc(Cl)cc2)c1)N1CCC2CCC(C1)N2. The molecule has 0 aliphatic carbocycles. The van der Waals surface area contributed by atoms with Crippen molar-refractivity contribution < 1.29 is 4.79 Å². The van der Waals surface area contributed by atoms with Crippen LogP contribution in [0.4, 0.5) is 0 Å². The maximum atomic E-state index is 12.8. The first-order chi connectivity index (χ1) is 11.2. The smallest absolute Gasteiger partial charge is 0.257 e. The van der Waals surface area contributed by atoms with E-state index < -0.39 is 0 Å². The van der Waals surface area contributed by atoms with Gasteiger partial charge in [0.1, 0.15) is 0 Å². The minimum Gasteiger partial charge on any atom is -0.337 e. The molecule has 2 aromatic rings. The van der Waals surface area contributed by atoms with Crippen molar-refractivity contribution in [3.8, 4) is 5.69 Å². The number of likely N-dealkylation sites (tertiary alicyclic amines) is 1. The lowest BCUT2D eigenvalue weighted by Crippen LogP contribution is -2.38. The molecule has 2 bridgehead atoms. The van der Waals surface area contributed by atoms with Gasteiger partial charge in [-0.1, -0.05) is 11.6 Å². The van der Waals surface area contributed by atoms with E-state index in [-0.39, 0.29) is 18.3 Å². The number of carbonyl (C=O) groups excluding carboxylic acids is 1. The lowest BCUT2D eigenvalue weighted by Gasteiger charge is -2.23. The maximum Gasteiger partial charge on any atom is 0.257 e. The van der Waals surface area contributed by atoms with Crippen molar-refractivity contribution in [3.05, 3.63) is 47.2 Å². The molecule has 4 rings (SSSR count). The van der Waals surface area contributed by atoms with Crippen LogP contribution in [0.15, 0.2) is 36.7 Å². The third-order valence-electron chi connectivity index (χ3n) is 4.73. The van der Waals surface area contributed by atoms with E-state index in [2.05, 4.69) is 10.4 Å². The molecule has 0 saturated carbocycles. The van der Waals surface area contributed by atoms with E-state index in [1.165, 1.54) is 12.8 Å². The van der Waals surface area contributed by atoms with Crippen LogP contribution in [0.3, 0.4) is 0 Å². The molecule has 128 valence electrons. The van der Waals surface area contributed by atoms with Gasteiger partial charge in [-0.15, -0.1) is 12.4 Å². The first kappa shape index (κ1) is 17.3. The fourth-order valence-corrected chi connectivity index (χ4v) is 3.60. The molecule has 2 aliphatic heterocycles. The average molecular weight is 367 g/mol. The second kappa shape index (κ2) is 7.13. The monoisotopic (exact) mass is 366 g/mol. The Kier molecular flexibility index (Phi) is 5.13. The summed E-state index contributed by atoms with van der Waals surface area (Å²) >= 11 is 5.91. The summed E-state index contributed by atoms with van der Waals surface area (Å²) in [5.41, 5.74) is 1.53. The lowest BCUT2D eigenvalue weighted by atomic mass is 10.1. The van der Waals surface area contributed by atoms with E-state index >= 15 is 0 Å². The van der Waals surface area contributed by atoms with Crippen molar-refractivity contribution >= 4 is 29.9 Å². The Morgan fingerprint density at radius 3 is 2.71 bits per heavy atom. The topological polar surface area (TPSA) is 50.2 Å². The number of aromatic nitrogens is 2. The first-order valence-corrected chi connectivity index (χ1v) is 8.43. The predicted octanol–water partition coefficient (Wildman–Crippen LogP) is 2.91. The summed E-state index contributed by atoms with van der Waals surface area (Å²) in [6.07, 6.45) is 6.88. The van der Waals surface area contributed by atoms with E-state index in [9.17, 15) is 4.79 Å². The molecule has 2 saturated heterocycles. The Morgan fingerprint density at radius 1 is 1.17 bits per heavy atom. The van der Waals surface area contributed by atoms with E-state index in [1.54, 1.807) is 17.1 Å². The van der Waals surface area contributed by atoms with Gasteiger partial charge >= 0.3 is 0 Å². The van der Waals surface area contributed by atoms with E-state index in [1.807, 2.05) is 29.2 Å². The molecule has 2 fully saturated rings. The second-order valence-electron chi connectivity index (χ2n) is 6.33. The fourth-order valence-electron chi connectivity index (χ4n) is 3.48. The summed E-state index contributed by atoms with van der Waals surface area (Å²) in [5.74, 6) is 0.0690. The summed E-state index contributed by atoms with van der Waals surface area (Å²) in [5, 5.41) is 8.60.